The Hall–Kier alpha value is -2.00. The Morgan fingerprint density at radius 1 is 1.43 bits per heavy atom. The molecule has 2 heterocycles. The summed E-state index contributed by atoms with van der Waals surface area (Å²) >= 11 is 1.06. The maximum absolute atomic E-state index is 12.3. The van der Waals surface area contributed by atoms with Crippen LogP contribution in [0.2, 0.25) is 0 Å². The van der Waals surface area contributed by atoms with Crippen molar-refractivity contribution in [3.63, 3.8) is 0 Å². The third kappa shape index (κ3) is 4.05. The number of ether oxygens (including phenoxy) is 2. The zero-order valence-corrected chi connectivity index (χ0v) is 14.1. The summed E-state index contributed by atoms with van der Waals surface area (Å²) in [5.74, 6) is -1.25. The SMILES string of the molecule is COCCN1CC(C(=O)Nc2nc(C)c(C(=O)OC)s2)CC1=O. The van der Waals surface area contributed by atoms with Gasteiger partial charge in [0.2, 0.25) is 11.8 Å². The van der Waals surface area contributed by atoms with Crippen LogP contribution in [0.5, 0.6) is 0 Å². The van der Waals surface area contributed by atoms with Crippen molar-refractivity contribution in [2.75, 3.05) is 39.2 Å². The van der Waals surface area contributed by atoms with Crippen LogP contribution in [-0.4, -0.2) is 61.6 Å². The molecule has 2 rings (SSSR count). The van der Waals surface area contributed by atoms with Gasteiger partial charge in [0.25, 0.3) is 0 Å². The molecule has 1 fully saturated rings. The average Bonchev–Trinajstić information content (AvgIpc) is 3.07. The second-order valence-electron chi connectivity index (χ2n) is 5.15. The fraction of sp³-hybridized carbons (Fsp3) is 0.571. The van der Waals surface area contributed by atoms with Crippen LogP contribution in [-0.2, 0) is 19.1 Å². The van der Waals surface area contributed by atoms with Gasteiger partial charge >= 0.3 is 5.97 Å². The van der Waals surface area contributed by atoms with Crippen LogP contribution in [0.15, 0.2) is 0 Å². The number of hydrogen-bond acceptors (Lipinski definition) is 7. The molecule has 0 spiro atoms. The Labute approximate surface area is 137 Å². The van der Waals surface area contributed by atoms with Gasteiger partial charge < -0.3 is 19.7 Å². The van der Waals surface area contributed by atoms with Crippen LogP contribution in [0.4, 0.5) is 5.13 Å². The number of methoxy groups -OCH3 is 2. The predicted molar refractivity (Wildman–Crippen MR) is 83.4 cm³/mol. The van der Waals surface area contributed by atoms with E-state index in [1.807, 2.05) is 0 Å². The summed E-state index contributed by atoms with van der Waals surface area (Å²) in [4.78, 5) is 41.8. The first-order valence-electron chi connectivity index (χ1n) is 7.09. The van der Waals surface area contributed by atoms with Crippen LogP contribution < -0.4 is 5.32 Å². The van der Waals surface area contributed by atoms with E-state index in [4.69, 9.17) is 4.74 Å². The number of anilines is 1. The van der Waals surface area contributed by atoms with E-state index in [2.05, 4.69) is 15.0 Å². The van der Waals surface area contributed by atoms with E-state index >= 15 is 0 Å². The van der Waals surface area contributed by atoms with Crippen LogP contribution in [0.3, 0.4) is 0 Å². The smallest absolute Gasteiger partial charge is 0.350 e. The van der Waals surface area contributed by atoms with Gasteiger partial charge in [0.05, 0.1) is 25.3 Å². The van der Waals surface area contributed by atoms with E-state index in [-0.39, 0.29) is 18.2 Å². The highest BCUT2D eigenvalue weighted by atomic mass is 32.1. The first-order valence-corrected chi connectivity index (χ1v) is 7.91. The van der Waals surface area contributed by atoms with Crippen molar-refractivity contribution in [1.29, 1.82) is 0 Å². The molecule has 1 saturated heterocycles. The number of hydrogen-bond donors (Lipinski definition) is 1. The molecule has 1 aromatic rings. The number of aromatic nitrogens is 1. The number of nitrogens with one attached hydrogen (secondary N) is 1. The van der Waals surface area contributed by atoms with Gasteiger partial charge in [-0.05, 0) is 6.92 Å². The summed E-state index contributed by atoms with van der Waals surface area (Å²) in [6, 6.07) is 0. The molecule has 0 radical (unpaired) electrons. The van der Waals surface area contributed by atoms with E-state index in [1.54, 1.807) is 18.9 Å². The van der Waals surface area contributed by atoms with Crippen LogP contribution >= 0.6 is 11.3 Å². The predicted octanol–water partition coefficient (Wildman–Crippen LogP) is 0.672. The zero-order valence-electron chi connectivity index (χ0n) is 13.2. The molecule has 1 unspecified atom stereocenters. The largest absolute Gasteiger partial charge is 0.465 e. The van der Waals surface area contributed by atoms with Crippen molar-refractivity contribution in [2.45, 2.75) is 13.3 Å². The first-order chi connectivity index (χ1) is 11.0. The Balaban J connectivity index is 1.97. The number of carbonyl (C=O) groups is 3. The third-order valence-corrected chi connectivity index (χ3v) is 4.60. The maximum Gasteiger partial charge on any atom is 0.350 e. The molecule has 23 heavy (non-hydrogen) atoms. The van der Waals surface area contributed by atoms with Crippen LogP contribution in [0.1, 0.15) is 21.8 Å². The molecule has 0 aromatic carbocycles. The van der Waals surface area contributed by atoms with Crippen LogP contribution in [0, 0.1) is 12.8 Å². The number of amides is 2. The topological polar surface area (TPSA) is 97.8 Å². The molecular weight excluding hydrogens is 322 g/mol. The summed E-state index contributed by atoms with van der Waals surface area (Å²) in [5.41, 5.74) is 0.501. The van der Waals surface area contributed by atoms with Crippen molar-refractivity contribution in [1.82, 2.24) is 9.88 Å². The fourth-order valence-corrected chi connectivity index (χ4v) is 3.19. The molecule has 8 nitrogen and oxygen atoms in total. The monoisotopic (exact) mass is 341 g/mol. The normalized spacial score (nSPS) is 17.4. The number of aryl methyl sites for hydroxylation is 1. The van der Waals surface area contributed by atoms with Crippen molar-refractivity contribution >= 4 is 34.3 Å². The highest BCUT2D eigenvalue weighted by molar-refractivity contribution is 7.17. The Kier molecular flexibility index (Phi) is 5.67. The number of esters is 1. The molecule has 1 aliphatic rings. The van der Waals surface area contributed by atoms with Gasteiger partial charge in [-0.25, -0.2) is 9.78 Å². The molecule has 1 aliphatic heterocycles. The van der Waals surface area contributed by atoms with E-state index in [0.29, 0.717) is 35.4 Å². The minimum Gasteiger partial charge on any atom is -0.465 e. The maximum atomic E-state index is 12.3. The second kappa shape index (κ2) is 7.51. The summed E-state index contributed by atoms with van der Waals surface area (Å²) in [6.07, 6.45) is 0.170. The van der Waals surface area contributed by atoms with Gasteiger partial charge in [0.15, 0.2) is 5.13 Å². The number of thiazole rings is 1. The highest BCUT2D eigenvalue weighted by Crippen LogP contribution is 2.25. The molecule has 1 N–H and O–H groups in total. The second-order valence-corrected chi connectivity index (χ2v) is 6.15. The molecule has 0 saturated carbocycles. The standard InChI is InChI=1S/C14H19N3O5S/c1-8-11(13(20)22-3)23-14(15-8)16-12(19)9-6-10(18)17(7-9)4-5-21-2/h9H,4-7H2,1-3H3,(H,15,16,19). The van der Waals surface area contributed by atoms with E-state index < -0.39 is 11.9 Å². The molecule has 1 aromatic heterocycles. The average molecular weight is 341 g/mol. The summed E-state index contributed by atoms with van der Waals surface area (Å²) in [7, 11) is 2.85. The molecule has 0 bridgehead atoms. The van der Waals surface area contributed by atoms with Gasteiger partial charge in [-0.3, -0.25) is 9.59 Å². The van der Waals surface area contributed by atoms with Gasteiger partial charge in [0, 0.05) is 26.6 Å². The lowest BCUT2D eigenvalue weighted by Gasteiger charge is -2.15. The van der Waals surface area contributed by atoms with E-state index in [1.165, 1.54) is 7.11 Å². The summed E-state index contributed by atoms with van der Waals surface area (Å²) < 4.78 is 9.60. The lowest BCUT2D eigenvalue weighted by Crippen LogP contribution is -2.30. The minimum absolute atomic E-state index is 0.0623. The van der Waals surface area contributed by atoms with Crippen molar-refractivity contribution in [3.8, 4) is 0 Å². The minimum atomic E-state index is -0.484. The Morgan fingerprint density at radius 3 is 2.83 bits per heavy atom. The van der Waals surface area contributed by atoms with Crippen molar-refractivity contribution in [2.24, 2.45) is 5.92 Å². The van der Waals surface area contributed by atoms with Gasteiger partial charge in [-0.15, -0.1) is 0 Å². The molecule has 2 amide bonds. The summed E-state index contributed by atoms with van der Waals surface area (Å²) in [5, 5.41) is 3.00. The van der Waals surface area contributed by atoms with Crippen molar-refractivity contribution < 1.29 is 23.9 Å². The fourth-order valence-electron chi connectivity index (χ4n) is 2.30. The number of rotatable bonds is 6. The van der Waals surface area contributed by atoms with Gasteiger partial charge in [-0.1, -0.05) is 11.3 Å². The van der Waals surface area contributed by atoms with Gasteiger partial charge in [-0.2, -0.15) is 0 Å². The zero-order chi connectivity index (χ0) is 17.0. The Bertz CT molecular complexity index is 616. The van der Waals surface area contributed by atoms with E-state index in [0.717, 1.165) is 11.3 Å². The van der Waals surface area contributed by atoms with Gasteiger partial charge in [0.1, 0.15) is 4.88 Å². The lowest BCUT2D eigenvalue weighted by molar-refractivity contribution is -0.128. The molecule has 126 valence electrons. The Morgan fingerprint density at radius 2 is 2.17 bits per heavy atom. The summed E-state index contributed by atoms with van der Waals surface area (Å²) in [6.45, 7) is 2.95. The first kappa shape index (κ1) is 17.4. The lowest BCUT2D eigenvalue weighted by atomic mass is 10.1. The molecule has 1 atom stereocenters. The molecule has 0 aliphatic carbocycles. The number of carbonyl (C=O) groups excluding carboxylic acids is 3. The molecular formula is C14H19N3O5S. The van der Waals surface area contributed by atoms with Crippen molar-refractivity contribution in [3.05, 3.63) is 10.6 Å². The number of nitrogens with zero attached hydrogens (tertiary/aromatic N) is 2. The number of likely N-dealkylation sites (tertiary alicyclic amines) is 1. The molecule has 9 heteroatoms. The third-order valence-electron chi connectivity index (χ3n) is 3.55. The van der Waals surface area contributed by atoms with Crippen LogP contribution in [0.25, 0.3) is 0 Å². The highest BCUT2D eigenvalue weighted by Gasteiger charge is 2.34. The quantitative estimate of drug-likeness (QED) is 0.764. The van der Waals surface area contributed by atoms with E-state index in [9.17, 15) is 14.4 Å².